The van der Waals surface area contributed by atoms with E-state index in [0.29, 0.717) is 11.5 Å². The summed E-state index contributed by atoms with van der Waals surface area (Å²) in [6.07, 6.45) is 1.64. The Morgan fingerprint density at radius 3 is 2.88 bits per heavy atom. The van der Waals surface area contributed by atoms with E-state index in [-0.39, 0.29) is 0 Å². The molecule has 2 aromatic rings. The number of benzene rings is 1. The average Bonchev–Trinajstić information content (AvgIpc) is 2.35. The van der Waals surface area contributed by atoms with Crippen LogP contribution in [0.15, 0.2) is 40.2 Å². The van der Waals surface area contributed by atoms with Gasteiger partial charge in [-0.2, -0.15) is 15.2 Å². The first-order chi connectivity index (χ1) is 8.25. The zero-order valence-electron chi connectivity index (χ0n) is 9.21. The van der Waals surface area contributed by atoms with Crippen molar-refractivity contribution in [3.05, 3.63) is 52.1 Å². The Labute approximate surface area is 97.4 Å². The van der Waals surface area contributed by atoms with Crippen LogP contribution in [0.1, 0.15) is 11.3 Å². The van der Waals surface area contributed by atoms with Gasteiger partial charge in [0.05, 0.1) is 6.21 Å². The molecule has 1 aromatic heterocycles. The van der Waals surface area contributed by atoms with Gasteiger partial charge < -0.3 is 0 Å². The summed E-state index contributed by atoms with van der Waals surface area (Å²) in [6, 6.07) is 9.60. The average molecular weight is 229 g/mol. The van der Waals surface area contributed by atoms with E-state index in [4.69, 9.17) is 0 Å². The number of anilines is 1. The van der Waals surface area contributed by atoms with E-state index in [1.165, 1.54) is 0 Å². The number of H-pyrrole nitrogens is 1. The zero-order chi connectivity index (χ0) is 12.1. The van der Waals surface area contributed by atoms with E-state index < -0.39 is 5.69 Å². The minimum absolute atomic E-state index is 0.348. The fourth-order valence-corrected chi connectivity index (χ4v) is 1.21. The molecule has 17 heavy (non-hydrogen) atoms. The molecule has 86 valence electrons. The molecule has 0 bridgehead atoms. The maximum atomic E-state index is 11.0. The highest BCUT2D eigenvalue weighted by atomic mass is 16.1. The van der Waals surface area contributed by atoms with Crippen LogP contribution in [0.25, 0.3) is 0 Å². The normalized spacial score (nSPS) is 10.6. The molecule has 0 fully saturated rings. The van der Waals surface area contributed by atoms with Gasteiger partial charge in [-0.3, -0.25) is 5.43 Å². The number of nitrogens with zero attached hydrogens (tertiary/aromatic N) is 3. The molecule has 0 radical (unpaired) electrons. The van der Waals surface area contributed by atoms with Gasteiger partial charge >= 0.3 is 5.69 Å². The molecule has 0 aliphatic rings. The van der Waals surface area contributed by atoms with Crippen molar-refractivity contribution in [1.82, 2.24) is 15.2 Å². The molecule has 0 amide bonds. The molecule has 0 aliphatic heterocycles. The maximum Gasteiger partial charge on any atom is 0.363 e. The van der Waals surface area contributed by atoms with Gasteiger partial charge in [-0.05, 0) is 12.5 Å². The fourth-order valence-electron chi connectivity index (χ4n) is 1.21. The van der Waals surface area contributed by atoms with Crippen LogP contribution < -0.4 is 11.1 Å². The molecule has 6 heteroatoms. The van der Waals surface area contributed by atoms with Gasteiger partial charge in [0.2, 0.25) is 0 Å². The lowest BCUT2D eigenvalue weighted by Crippen LogP contribution is -2.15. The second kappa shape index (κ2) is 5.02. The zero-order valence-corrected chi connectivity index (χ0v) is 9.21. The molecule has 0 spiro atoms. The van der Waals surface area contributed by atoms with Crippen molar-refractivity contribution in [3.63, 3.8) is 0 Å². The summed E-state index contributed by atoms with van der Waals surface area (Å²) < 4.78 is 0. The first kappa shape index (κ1) is 11.0. The van der Waals surface area contributed by atoms with E-state index in [1.54, 1.807) is 13.1 Å². The first-order valence-corrected chi connectivity index (χ1v) is 5.03. The molecular weight excluding hydrogens is 218 g/mol. The molecule has 0 saturated carbocycles. The van der Waals surface area contributed by atoms with E-state index in [2.05, 4.69) is 25.7 Å². The van der Waals surface area contributed by atoms with Gasteiger partial charge in [-0.15, -0.1) is 0 Å². The summed E-state index contributed by atoms with van der Waals surface area (Å²) in [4.78, 5) is 14.7. The highest BCUT2D eigenvalue weighted by molar-refractivity contribution is 5.79. The molecule has 0 unspecified atom stereocenters. The number of aromatic amines is 1. The fraction of sp³-hybridized carbons (Fsp3) is 0.0909. The van der Waals surface area contributed by atoms with Crippen molar-refractivity contribution in [2.75, 3.05) is 5.43 Å². The lowest BCUT2D eigenvalue weighted by atomic mass is 10.2. The number of hydrogen-bond acceptors (Lipinski definition) is 5. The van der Waals surface area contributed by atoms with Crippen LogP contribution in [0.5, 0.6) is 0 Å². The summed E-state index contributed by atoms with van der Waals surface area (Å²) in [5, 5.41) is 9.99. The lowest BCUT2D eigenvalue weighted by molar-refractivity contribution is 0.879. The summed E-state index contributed by atoms with van der Waals surface area (Å²) >= 11 is 0. The Kier molecular flexibility index (Phi) is 3.25. The molecule has 0 saturated heterocycles. The predicted molar refractivity (Wildman–Crippen MR) is 65.0 cm³/mol. The van der Waals surface area contributed by atoms with Crippen LogP contribution in [-0.2, 0) is 0 Å². The molecule has 0 aliphatic carbocycles. The Balaban J connectivity index is 2.10. The minimum Gasteiger partial charge on any atom is -0.260 e. The van der Waals surface area contributed by atoms with Crippen LogP contribution >= 0.6 is 0 Å². The second-order valence-corrected chi connectivity index (χ2v) is 3.36. The van der Waals surface area contributed by atoms with E-state index in [9.17, 15) is 4.79 Å². The number of rotatable bonds is 3. The Hall–Kier alpha value is -2.50. The summed E-state index contributed by atoms with van der Waals surface area (Å²) in [5.41, 5.74) is 3.70. The SMILES string of the molecule is Cc1n[nH]c(=O)nc1NN=Cc1ccccc1. The lowest BCUT2D eigenvalue weighted by Gasteiger charge is -2.00. The van der Waals surface area contributed by atoms with Crippen LogP contribution in [0, 0.1) is 6.92 Å². The molecule has 1 aromatic carbocycles. The first-order valence-electron chi connectivity index (χ1n) is 5.03. The van der Waals surface area contributed by atoms with Gasteiger partial charge in [0, 0.05) is 0 Å². The third-order valence-corrected chi connectivity index (χ3v) is 2.06. The number of hydrazone groups is 1. The topological polar surface area (TPSA) is 83.0 Å². The number of nitrogens with one attached hydrogen (secondary N) is 2. The van der Waals surface area contributed by atoms with Crippen LogP contribution in [0.4, 0.5) is 5.82 Å². The Morgan fingerprint density at radius 2 is 2.12 bits per heavy atom. The number of aromatic nitrogens is 3. The van der Waals surface area contributed by atoms with E-state index >= 15 is 0 Å². The second-order valence-electron chi connectivity index (χ2n) is 3.36. The molecule has 2 N–H and O–H groups in total. The van der Waals surface area contributed by atoms with Gasteiger partial charge in [0.15, 0.2) is 5.82 Å². The highest BCUT2D eigenvalue weighted by Gasteiger charge is 1.99. The smallest absolute Gasteiger partial charge is 0.260 e. The third-order valence-electron chi connectivity index (χ3n) is 2.06. The van der Waals surface area contributed by atoms with Crippen molar-refractivity contribution >= 4 is 12.0 Å². The van der Waals surface area contributed by atoms with Gasteiger partial charge in [0.1, 0.15) is 5.69 Å². The van der Waals surface area contributed by atoms with Crippen molar-refractivity contribution in [2.24, 2.45) is 5.10 Å². The number of aryl methyl sites for hydroxylation is 1. The van der Waals surface area contributed by atoms with Crippen molar-refractivity contribution in [1.29, 1.82) is 0 Å². The molecule has 2 rings (SSSR count). The Morgan fingerprint density at radius 1 is 1.35 bits per heavy atom. The Bertz CT molecular complexity index is 576. The summed E-state index contributed by atoms with van der Waals surface area (Å²) in [7, 11) is 0. The predicted octanol–water partition coefficient (Wildman–Crippen LogP) is 0.919. The minimum atomic E-state index is -0.506. The largest absolute Gasteiger partial charge is 0.363 e. The van der Waals surface area contributed by atoms with Crippen molar-refractivity contribution in [3.8, 4) is 0 Å². The van der Waals surface area contributed by atoms with Gasteiger partial charge in [-0.25, -0.2) is 9.89 Å². The standard InChI is InChI=1S/C11H11N5O/c1-8-10(13-11(17)16-14-8)15-12-7-9-5-3-2-4-6-9/h2-7H,1H3,(H2,13,15,16,17). The van der Waals surface area contributed by atoms with Gasteiger partial charge in [-0.1, -0.05) is 30.3 Å². The molecule has 0 atom stereocenters. The third kappa shape index (κ3) is 2.97. The van der Waals surface area contributed by atoms with E-state index in [1.807, 2.05) is 30.3 Å². The number of hydrogen-bond donors (Lipinski definition) is 2. The van der Waals surface area contributed by atoms with E-state index in [0.717, 1.165) is 5.56 Å². The van der Waals surface area contributed by atoms with Gasteiger partial charge in [0.25, 0.3) is 0 Å². The quantitative estimate of drug-likeness (QED) is 0.605. The van der Waals surface area contributed by atoms with Crippen molar-refractivity contribution < 1.29 is 0 Å². The van der Waals surface area contributed by atoms with Crippen LogP contribution in [0.3, 0.4) is 0 Å². The summed E-state index contributed by atoms with van der Waals surface area (Å²) in [5.74, 6) is 0.348. The summed E-state index contributed by atoms with van der Waals surface area (Å²) in [6.45, 7) is 1.73. The van der Waals surface area contributed by atoms with Crippen molar-refractivity contribution in [2.45, 2.75) is 6.92 Å². The van der Waals surface area contributed by atoms with Crippen LogP contribution in [0.2, 0.25) is 0 Å². The highest BCUT2D eigenvalue weighted by Crippen LogP contribution is 2.02. The maximum absolute atomic E-state index is 11.0. The van der Waals surface area contributed by atoms with Crippen LogP contribution in [-0.4, -0.2) is 21.4 Å². The molecule has 1 heterocycles. The molecule has 6 nitrogen and oxygen atoms in total. The molecular formula is C11H11N5O. The monoisotopic (exact) mass is 229 g/mol.